The van der Waals surface area contributed by atoms with E-state index in [0.29, 0.717) is 0 Å². The molecule has 15 heavy (non-hydrogen) atoms. The smallest absolute Gasteiger partial charge is 0.127 e. The zero-order chi connectivity index (χ0) is 10.7. The van der Waals surface area contributed by atoms with E-state index < -0.39 is 0 Å². The van der Waals surface area contributed by atoms with Gasteiger partial charge in [0.25, 0.3) is 0 Å². The molecular weight excluding hydrogens is 184 g/mol. The molecule has 0 aliphatic heterocycles. The quantitative estimate of drug-likeness (QED) is 0.716. The Morgan fingerprint density at radius 3 is 2.60 bits per heavy atom. The summed E-state index contributed by atoms with van der Waals surface area (Å²) in [7, 11) is 1.69. The van der Waals surface area contributed by atoms with Crippen LogP contribution in [0.25, 0.3) is 11.1 Å². The fourth-order valence-corrected chi connectivity index (χ4v) is 1.66. The van der Waals surface area contributed by atoms with Gasteiger partial charge in [-0.05, 0) is 30.2 Å². The number of rotatable bonds is 2. The standard InChI is InChI=1S/C14H13O/c1-11-7-3-4-8-12(11)13-9-5-6-10-14(13)15-2/h3-8,10H,1-2H3. The fraction of sp³-hybridized carbons (Fsp3) is 0.143. The van der Waals surface area contributed by atoms with Gasteiger partial charge in [0.1, 0.15) is 5.75 Å². The van der Waals surface area contributed by atoms with Gasteiger partial charge in [-0.25, -0.2) is 0 Å². The number of benzene rings is 2. The van der Waals surface area contributed by atoms with Gasteiger partial charge in [-0.1, -0.05) is 36.4 Å². The minimum atomic E-state index is 0.867. The summed E-state index contributed by atoms with van der Waals surface area (Å²) >= 11 is 0. The van der Waals surface area contributed by atoms with Crippen molar-refractivity contribution in [2.45, 2.75) is 6.92 Å². The highest BCUT2D eigenvalue weighted by Gasteiger charge is 2.06. The number of hydrogen-bond donors (Lipinski definition) is 0. The predicted octanol–water partition coefficient (Wildman–Crippen LogP) is 3.47. The van der Waals surface area contributed by atoms with Crippen molar-refractivity contribution < 1.29 is 4.74 Å². The summed E-state index contributed by atoms with van der Waals surface area (Å²) in [5.74, 6) is 0.867. The zero-order valence-corrected chi connectivity index (χ0v) is 8.95. The molecule has 75 valence electrons. The van der Waals surface area contributed by atoms with Crippen LogP contribution in [-0.2, 0) is 0 Å². The van der Waals surface area contributed by atoms with E-state index in [1.165, 1.54) is 11.1 Å². The third kappa shape index (κ3) is 1.86. The fourth-order valence-electron chi connectivity index (χ4n) is 1.66. The van der Waals surface area contributed by atoms with Gasteiger partial charge in [0.05, 0.1) is 7.11 Å². The average molecular weight is 197 g/mol. The Balaban J connectivity index is 2.59. The first-order valence-electron chi connectivity index (χ1n) is 4.93. The summed E-state index contributed by atoms with van der Waals surface area (Å²) in [5.41, 5.74) is 3.44. The maximum Gasteiger partial charge on any atom is 0.127 e. The van der Waals surface area contributed by atoms with Gasteiger partial charge in [-0.3, -0.25) is 0 Å². The summed E-state index contributed by atoms with van der Waals surface area (Å²) in [5, 5.41) is 0. The van der Waals surface area contributed by atoms with Gasteiger partial charge in [-0.2, -0.15) is 0 Å². The third-order valence-corrected chi connectivity index (χ3v) is 2.45. The lowest BCUT2D eigenvalue weighted by atomic mass is 10.00. The molecule has 0 saturated carbocycles. The van der Waals surface area contributed by atoms with Crippen LogP contribution >= 0.6 is 0 Å². The van der Waals surface area contributed by atoms with Crippen molar-refractivity contribution in [2.75, 3.05) is 7.11 Å². The van der Waals surface area contributed by atoms with Crippen LogP contribution in [-0.4, -0.2) is 7.11 Å². The van der Waals surface area contributed by atoms with Crippen molar-refractivity contribution in [3.8, 4) is 16.9 Å². The molecule has 0 aromatic heterocycles. The molecule has 0 aliphatic rings. The van der Waals surface area contributed by atoms with Crippen LogP contribution in [0.1, 0.15) is 5.56 Å². The van der Waals surface area contributed by atoms with Gasteiger partial charge < -0.3 is 4.74 Å². The highest BCUT2D eigenvalue weighted by atomic mass is 16.5. The summed E-state index contributed by atoms with van der Waals surface area (Å²) in [6, 6.07) is 17.3. The maximum absolute atomic E-state index is 5.32. The van der Waals surface area contributed by atoms with Crippen molar-refractivity contribution >= 4 is 0 Å². The highest BCUT2D eigenvalue weighted by Crippen LogP contribution is 2.30. The molecule has 0 heterocycles. The van der Waals surface area contributed by atoms with Gasteiger partial charge in [0, 0.05) is 5.56 Å². The summed E-state index contributed by atoms with van der Waals surface area (Å²) in [6.07, 6.45) is 0. The monoisotopic (exact) mass is 197 g/mol. The molecular formula is C14H13O. The molecule has 2 rings (SSSR count). The Labute approximate surface area is 90.3 Å². The SMILES string of the molecule is COc1ccc[c]c1-c1ccccc1C. The van der Waals surface area contributed by atoms with E-state index in [2.05, 4.69) is 25.1 Å². The number of methoxy groups -OCH3 is 1. The first-order chi connectivity index (χ1) is 7.33. The number of hydrogen-bond acceptors (Lipinski definition) is 1. The van der Waals surface area contributed by atoms with E-state index in [1.807, 2.05) is 30.3 Å². The summed E-state index contributed by atoms with van der Waals surface area (Å²) in [6.45, 7) is 2.09. The topological polar surface area (TPSA) is 9.23 Å². The zero-order valence-electron chi connectivity index (χ0n) is 8.95. The lowest BCUT2D eigenvalue weighted by Gasteiger charge is -2.09. The molecule has 2 aromatic carbocycles. The Bertz CT molecular complexity index is 460. The molecule has 0 aliphatic carbocycles. The summed E-state index contributed by atoms with van der Waals surface area (Å²) < 4.78 is 5.32. The molecule has 0 amide bonds. The van der Waals surface area contributed by atoms with Crippen LogP contribution in [0, 0.1) is 13.0 Å². The molecule has 1 heteroatoms. The van der Waals surface area contributed by atoms with E-state index in [4.69, 9.17) is 4.74 Å². The molecule has 1 radical (unpaired) electrons. The Kier molecular flexibility index (Phi) is 2.72. The third-order valence-electron chi connectivity index (χ3n) is 2.45. The van der Waals surface area contributed by atoms with Crippen molar-refractivity contribution in [1.82, 2.24) is 0 Å². The number of aryl methyl sites for hydroxylation is 1. The minimum absolute atomic E-state index is 0.867. The molecule has 0 N–H and O–H groups in total. The molecule has 1 nitrogen and oxygen atoms in total. The largest absolute Gasteiger partial charge is 0.496 e. The molecule has 0 spiro atoms. The van der Waals surface area contributed by atoms with Gasteiger partial charge in [-0.15, -0.1) is 0 Å². The van der Waals surface area contributed by atoms with E-state index in [1.54, 1.807) is 7.11 Å². The minimum Gasteiger partial charge on any atom is -0.496 e. The van der Waals surface area contributed by atoms with E-state index in [-0.39, 0.29) is 0 Å². The van der Waals surface area contributed by atoms with Gasteiger partial charge in [0.15, 0.2) is 0 Å². The van der Waals surface area contributed by atoms with Crippen molar-refractivity contribution in [1.29, 1.82) is 0 Å². The molecule has 0 saturated heterocycles. The van der Waals surface area contributed by atoms with Crippen LogP contribution in [0.15, 0.2) is 42.5 Å². The molecule has 0 bridgehead atoms. The Morgan fingerprint density at radius 1 is 1.07 bits per heavy atom. The first kappa shape index (κ1) is 9.78. The van der Waals surface area contributed by atoms with Gasteiger partial charge >= 0.3 is 0 Å². The van der Waals surface area contributed by atoms with Crippen LogP contribution in [0.3, 0.4) is 0 Å². The second-order valence-corrected chi connectivity index (χ2v) is 3.43. The molecule has 2 aromatic rings. The van der Waals surface area contributed by atoms with Crippen molar-refractivity contribution in [3.05, 3.63) is 54.1 Å². The first-order valence-corrected chi connectivity index (χ1v) is 4.93. The van der Waals surface area contributed by atoms with Crippen LogP contribution < -0.4 is 4.74 Å². The Hall–Kier alpha value is -1.76. The van der Waals surface area contributed by atoms with Crippen molar-refractivity contribution in [2.24, 2.45) is 0 Å². The van der Waals surface area contributed by atoms with E-state index in [0.717, 1.165) is 11.3 Å². The lowest BCUT2D eigenvalue weighted by molar-refractivity contribution is 0.416. The van der Waals surface area contributed by atoms with Gasteiger partial charge in [0.2, 0.25) is 0 Å². The lowest BCUT2D eigenvalue weighted by Crippen LogP contribution is -1.89. The van der Waals surface area contributed by atoms with Crippen LogP contribution in [0.2, 0.25) is 0 Å². The van der Waals surface area contributed by atoms with Crippen molar-refractivity contribution in [3.63, 3.8) is 0 Å². The second-order valence-electron chi connectivity index (χ2n) is 3.43. The summed E-state index contributed by atoms with van der Waals surface area (Å²) in [4.78, 5) is 0. The highest BCUT2D eigenvalue weighted by molar-refractivity contribution is 5.72. The molecule has 0 fully saturated rings. The maximum atomic E-state index is 5.32. The van der Waals surface area contributed by atoms with Crippen LogP contribution in [0.4, 0.5) is 0 Å². The van der Waals surface area contributed by atoms with E-state index >= 15 is 0 Å². The average Bonchev–Trinajstić information content (AvgIpc) is 2.30. The normalized spacial score (nSPS) is 10.0. The molecule has 0 unspecified atom stereocenters. The second kappa shape index (κ2) is 4.18. The van der Waals surface area contributed by atoms with E-state index in [9.17, 15) is 0 Å². The molecule has 0 atom stereocenters. The predicted molar refractivity (Wildman–Crippen MR) is 62.0 cm³/mol. The Morgan fingerprint density at radius 2 is 1.87 bits per heavy atom. The number of ether oxygens (including phenoxy) is 1. The van der Waals surface area contributed by atoms with Crippen LogP contribution in [0.5, 0.6) is 5.75 Å².